The Balaban J connectivity index is 2.00. The van der Waals surface area contributed by atoms with Gasteiger partial charge in [-0.05, 0) is 41.8 Å². The van der Waals surface area contributed by atoms with Gasteiger partial charge in [0, 0.05) is 5.69 Å². The molecule has 25 heavy (non-hydrogen) atoms. The van der Waals surface area contributed by atoms with Crippen molar-refractivity contribution in [2.75, 3.05) is 11.9 Å². The van der Waals surface area contributed by atoms with E-state index in [-0.39, 0.29) is 12.3 Å². The molecule has 1 amide bonds. The first-order valence-electron chi connectivity index (χ1n) is 7.56. The molecule has 134 valence electrons. The summed E-state index contributed by atoms with van der Waals surface area (Å²) in [6, 6.07) is 10.5. The van der Waals surface area contributed by atoms with Crippen molar-refractivity contribution >= 4 is 23.2 Å². The molecule has 0 bridgehead atoms. The fourth-order valence-corrected chi connectivity index (χ4v) is 2.35. The standard InChI is InChI=1S/C18H17ClF3NO2/c1-11(2)12-4-3-5-14(8-12)25-10-17(24)23-13-6-7-16(19)15(9-13)18(20,21)22/h3-9,11H,10H2,1-2H3,(H,23,24). The summed E-state index contributed by atoms with van der Waals surface area (Å²) in [7, 11) is 0. The maximum absolute atomic E-state index is 12.8. The fraction of sp³-hybridized carbons (Fsp3) is 0.278. The second-order valence-electron chi connectivity index (χ2n) is 5.76. The van der Waals surface area contributed by atoms with Gasteiger partial charge < -0.3 is 10.1 Å². The van der Waals surface area contributed by atoms with Crippen molar-refractivity contribution < 1.29 is 22.7 Å². The normalized spacial score (nSPS) is 11.5. The minimum atomic E-state index is -4.59. The molecular formula is C18H17ClF3NO2. The first kappa shape index (κ1) is 19.1. The summed E-state index contributed by atoms with van der Waals surface area (Å²) in [5.74, 6) is 0.270. The number of amides is 1. The lowest BCUT2D eigenvalue weighted by molar-refractivity contribution is -0.137. The molecule has 0 fully saturated rings. The smallest absolute Gasteiger partial charge is 0.417 e. The molecule has 0 spiro atoms. The monoisotopic (exact) mass is 371 g/mol. The van der Waals surface area contributed by atoms with Crippen LogP contribution >= 0.6 is 11.6 Å². The van der Waals surface area contributed by atoms with Crippen LogP contribution in [-0.2, 0) is 11.0 Å². The number of nitrogens with one attached hydrogen (secondary N) is 1. The van der Waals surface area contributed by atoms with Gasteiger partial charge >= 0.3 is 6.18 Å². The maximum atomic E-state index is 12.8. The van der Waals surface area contributed by atoms with Crippen LogP contribution in [0.25, 0.3) is 0 Å². The highest BCUT2D eigenvalue weighted by atomic mass is 35.5. The Morgan fingerprint density at radius 1 is 1.20 bits per heavy atom. The van der Waals surface area contributed by atoms with E-state index in [1.165, 1.54) is 6.07 Å². The van der Waals surface area contributed by atoms with Gasteiger partial charge in [-0.3, -0.25) is 4.79 Å². The minimum Gasteiger partial charge on any atom is -0.484 e. The van der Waals surface area contributed by atoms with E-state index in [0.29, 0.717) is 11.7 Å². The van der Waals surface area contributed by atoms with Crippen LogP contribution in [0.4, 0.5) is 18.9 Å². The lowest BCUT2D eigenvalue weighted by atomic mass is 10.0. The quantitative estimate of drug-likeness (QED) is 0.753. The second-order valence-corrected chi connectivity index (χ2v) is 6.16. The van der Waals surface area contributed by atoms with E-state index in [1.807, 2.05) is 32.0 Å². The summed E-state index contributed by atoms with van der Waals surface area (Å²) in [6.45, 7) is 3.75. The SMILES string of the molecule is CC(C)c1cccc(OCC(=O)Nc2ccc(Cl)c(C(F)(F)F)c2)c1. The molecule has 1 N–H and O–H groups in total. The first-order chi connectivity index (χ1) is 11.7. The molecule has 0 atom stereocenters. The molecular weight excluding hydrogens is 355 g/mol. The lowest BCUT2D eigenvalue weighted by Gasteiger charge is -2.12. The molecule has 0 heterocycles. The molecule has 0 saturated carbocycles. The summed E-state index contributed by atoms with van der Waals surface area (Å²) in [5, 5.41) is 1.94. The second kappa shape index (κ2) is 7.78. The Bertz CT molecular complexity index is 760. The molecule has 0 radical (unpaired) electrons. The van der Waals surface area contributed by atoms with Crippen LogP contribution in [-0.4, -0.2) is 12.5 Å². The van der Waals surface area contributed by atoms with Crippen molar-refractivity contribution in [3.63, 3.8) is 0 Å². The first-order valence-corrected chi connectivity index (χ1v) is 7.94. The molecule has 0 saturated heterocycles. The number of carbonyl (C=O) groups is 1. The number of benzene rings is 2. The van der Waals surface area contributed by atoms with E-state index < -0.39 is 22.7 Å². The molecule has 0 aliphatic carbocycles. The number of halogens is 4. The topological polar surface area (TPSA) is 38.3 Å². The fourth-order valence-electron chi connectivity index (χ4n) is 2.13. The molecule has 2 aromatic carbocycles. The Hall–Kier alpha value is -2.21. The van der Waals surface area contributed by atoms with Gasteiger partial charge in [0.05, 0.1) is 10.6 Å². The molecule has 3 nitrogen and oxygen atoms in total. The minimum absolute atomic E-state index is 0.00116. The van der Waals surface area contributed by atoms with Crippen molar-refractivity contribution in [3.05, 3.63) is 58.6 Å². The van der Waals surface area contributed by atoms with E-state index in [0.717, 1.165) is 17.7 Å². The van der Waals surface area contributed by atoms with Gasteiger partial charge in [0.2, 0.25) is 0 Å². The van der Waals surface area contributed by atoms with Crippen LogP contribution in [0.3, 0.4) is 0 Å². The summed E-state index contributed by atoms with van der Waals surface area (Å²) in [5.41, 5.74) is 0.0594. The third-order valence-electron chi connectivity index (χ3n) is 3.45. The van der Waals surface area contributed by atoms with Gasteiger partial charge in [-0.25, -0.2) is 0 Å². The summed E-state index contributed by atoms with van der Waals surface area (Å²) in [6.07, 6.45) is -4.59. The molecule has 0 aliphatic heterocycles. The highest BCUT2D eigenvalue weighted by molar-refractivity contribution is 6.31. The average molecular weight is 372 g/mol. The number of hydrogen-bond acceptors (Lipinski definition) is 2. The average Bonchev–Trinajstić information content (AvgIpc) is 2.54. The zero-order chi connectivity index (χ0) is 18.6. The van der Waals surface area contributed by atoms with Gasteiger partial charge in [-0.15, -0.1) is 0 Å². The van der Waals surface area contributed by atoms with Crippen LogP contribution in [0.1, 0.15) is 30.9 Å². The zero-order valence-corrected chi connectivity index (χ0v) is 14.4. The van der Waals surface area contributed by atoms with Crippen LogP contribution in [0.15, 0.2) is 42.5 Å². The number of hydrogen-bond donors (Lipinski definition) is 1. The van der Waals surface area contributed by atoms with Crippen LogP contribution < -0.4 is 10.1 Å². The van der Waals surface area contributed by atoms with E-state index in [1.54, 1.807) is 6.07 Å². The van der Waals surface area contributed by atoms with Crippen molar-refractivity contribution in [1.29, 1.82) is 0 Å². The Labute approximate surface area is 148 Å². The number of anilines is 1. The van der Waals surface area contributed by atoms with Crippen molar-refractivity contribution in [1.82, 2.24) is 0 Å². The van der Waals surface area contributed by atoms with Gasteiger partial charge in [0.25, 0.3) is 5.91 Å². The van der Waals surface area contributed by atoms with Gasteiger partial charge in [0.15, 0.2) is 6.61 Å². The highest BCUT2D eigenvalue weighted by Crippen LogP contribution is 2.36. The Morgan fingerprint density at radius 2 is 1.92 bits per heavy atom. The Kier molecular flexibility index (Phi) is 5.95. The maximum Gasteiger partial charge on any atom is 0.417 e. The van der Waals surface area contributed by atoms with Gasteiger partial charge in [-0.2, -0.15) is 13.2 Å². The molecule has 7 heteroatoms. The largest absolute Gasteiger partial charge is 0.484 e. The van der Waals surface area contributed by atoms with Crippen molar-refractivity contribution in [2.24, 2.45) is 0 Å². The van der Waals surface area contributed by atoms with Gasteiger partial charge in [0.1, 0.15) is 5.75 Å². The van der Waals surface area contributed by atoms with E-state index in [4.69, 9.17) is 16.3 Å². The van der Waals surface area contributed by atoms with E-state index in [9.17, 15) is 18.0 Å². The Morgan fingerprint density at radius 3 is 2.56 bits per heavy atom. The molecule has 0 aromatic heterocycles. The van der Waals surface area contributed by atoms with Crippen LogP contribution in [0, 0.1) is 0 Å². The number of alkyl halides is 3. The zero-order valence-electron chi connectivity index (χ0n) is 13.7. The van der Waals surface area contributed by atoms with Crippen molar-refractivity contribution in [2.45, 2.75) is 25.9 Å². The summed E-state index contributed by atoms with van der Waals surface area (Å²) >= 11 is 5.54. The van der Waals surface area contributed by atoms with Crippen LogP contribution in [0.5, 0.6) is 5.75 Å². The molecule has 2 rings (SSSR count). The third-order valence-corrected chi connectivity index (χ3v) is 3.78. The van der Waals surface area contributed by atoms with E-state index in [2.05, 4.69) is 5.32 Å². The highest BCUT2D eigenvalue weighted by Gasteiger charge is 2.33. The summed E-state index contributed by atoms with van der Waals surface area (Å²) < 4.78 is 43.8. The predicted octanol–water partition coefficient (Wildman–Crippen LogP) is 5.50. The number of rotatable bonds is 5. The van der Waals surface area contributed by atoms with E-state index >= 15 is 0 Å². The lowest BCUT2D eigenvalue weighted by Crippen LogP contribution is -2.20. The summed E-state index contributed by atoms with van der Waals surface area (Å²) in [4.78, 5) is 11.9. The molecule has 0 aliphatic rings. The number of carbonyl (C=O) groups excluding carboxylic acids is 1. The number of ether oxygens (including phenoxy) is 1. The predicted molar refractivity (Wildman–Crippen MR) is 91.1 cm³/mol. The molecule has 0 unspecified atom stereocenters. The van der Waals surface area contributed by atoms with Crippen molar-refractivity contribution in [3.8, 4) is 5.75 Å². The third kappa shape index (κ3) is 5.39. The van der Waals surface area contributed by atoms with Crippen LogP contribution in [0.2, 0.25) is 5.02 Å². The van der Waals surface area contributed by atoms with Gasteiger partial charge in [-0.1, -0.05) is 37.6 Å². The molecule has 2 aromatic rings.